The summed E-state index contributed by atoms with van der Waals surface area (Å²) in [5, 5.41) is 10.1. The Morgan fingerprint density at radius 1 is 1.73 bits per heavy atom. The molecule has 1 aliphatic rings. The monoisotopic (exact) mass is 157 g/mol. The Hall–Kier alpha value is -0.0800. The molecule has 66 valence electrons. The van der Waals surface area contributed by atoms with Crippen LogP contribution >= 0.6 is 0 Å². The average molecular weight is 157 g/mol. The maximum atomic E-state index is 10.1. The zero-order valence-corrected chi connectivity index (χ0v) is 7.51. The van der Waals surface area contributed by atoms with Crippen molar-refractivity contribution in [1.29, 1.82) is 0 Å². The van der Waals surface area contributed by atoms with Gasteiger partial charge in [-0.1, -0.05) is 13.8 Å². The van der Waals surface area contributed by atoms with Crippen molar-refractivity contribution in [2.75, 3.05) is 6.54 Å². The molecule has 0 aliphatic heterocycles. The van der Waals surface area contributed by atoms with Crippen LogP contribution in [-0.4, -0.2) is 17.3 Å². The van der Waals surface area contributed by atoms with Gasteiger partial charge in [-0.05, 0) is 37.6 Å². The quantitative estimate of drug-likeness (QED) is 0.645. The van der Waals surface area contributed by atoms with Crippen molar-refractivity contribution in [2.45, 2.75) is 38.7 Å². The molecule has 1 fully saturated rings. The van der Waals surface area contributed by atoms with E-state index in [1.807, 2.05) is 0 Å². The molecule has 11 heavy (non-hydrogen) atoms. The molecule has 1 rings (SSSR count). The van der Waals surface area contributed by atoms with E-state index < -0.39 is 5.60 Å². The van der Waals surface area contributed by atoms with Crippen molar-refractivity contribution in [1.82, 2.24) is 0 Å². The highest BCUT2D eigenvalue weighted by molar-refractivity contribution is 4.98. The Kier molecular flexibility index (Phi) is 2.55. The molecule has 0 aromatic rings. The first-order valence-electron chi connectivity index (χ1n) is 4.57. The first-order chi connectivity index (χ1) is 5.15. The van der Waals surface area contributed by atoms with Crippen LogP contribution in [0.3, 0.4) is 0 Å². The van der Waals surface area contributed by atoms with Crippen LogP contribution in [0.4, 0.5) is 0 Å². The summed E-state index contributed by atoms with van der Waals surface area (Å²) in [5.41, 5.74) is 5.15. The lowest BCUT2D eigenvalue weighted by Crippen LogP contribution is -2.53. The van der Waals surface area contributed by atoms with Gasteiger partial charge in [-0.3, -0.25) is 0 Å². The minimum absolute atomic E-state index is 0.311. The summed E-state index contributed by atoms with van der Waals surface area (Å²) in [7, 11) is 0. The van der Waals surface area contributed by atoms with E-state index in [1.54, 1.807) is 0 Å². The van der Waals surface area contributed by atoms with Crippen molar-refractivity contribution >= 4 is 0 Å². The van der Waals surface area contributed by atoms with Crippen LogP contribution in [0, 0.1) is 11.8 Å². The summed E-state index contributed by atoms with van der Waals surface area (Å²) >= 11 is 0. The van der Waals surface area contributed by atoms with Gasteiger partial charge in [0, 0.05) is 0 Å². The molecule has 0 aromatic heterocycles. The molecule has 0 heterocycles. The van der Waals surface area contributed by atoms with Crippen LogP contribution in [0.15, 0.2) is 0 Å². The van der Waals surface area contributed by atoms with Gasteiger partial charge in [0.25, 0.3) is 0 Å². The van der Waals surface area contributed by atoms with Gasteiger partial charge >= 0.3 is 0 Å². The molecule has 0 saturated heterocycles. The van der Waals surface area contributed by atoms with Gasteiger partial charge in [0.2, 0.25) is 0 Å². The second-order valence-electron chi connectivity index (χ2n) is 3.77. The van der Waals surface area contributed by atoms with E-state index in [1.165, 1.54) is 0 Å². The molecule has 1 saturated carbocycles. The number of hydrogen-bond acceptors (Lipinski definition) is 2. The zero-order chi connectivity index (χ0) is 8.48. The molecule has 0 spiro atoms. The van der Waals surface area contributed by atoms with Crippen molar-refractivity contribution in [3.05, 3.63) is 0 Å². The van der Waals surface area contributed by atoms with Crippen LogP contribution in [0.2, 0.25) is 0 Å². The number of hydrogen-bond donors (Lipinski definition) is 2. The van der Waals surface area contributed by atoms with Gasteiger partial charge < -0.3 is 10.8 Å². The van der Waals surface area contributed by atoms with E-state index >= 15 is 0 Å². The molecule has 1 aliphatic carbocycles. The van der Waals surface area contributed by atoms with E-state index in [2.05, 4.69) is 13.8 Å². The topological polar surface area (TPSA) is 46.2 Å². The molecule has 0 bridgehead atoms. The summed E-state index contributed by atoms with van der Waals surface area (Å²) in [6, 6.07) is 0. The summed E-state index contributed by atoms with van der Waals surface area (Å²) in [6.45, 7) is 4.83. The van der Waals surface area contributed by atoms with Gasteiger partial charge in [-0.15, -0.1) is 0 Å². The predicted octanol–water partition coefficient (Wildman–Crippen LogP) is 1.13. The number of nitrogens with two attached hydrogens (primary N) is 1. The second kappa shape index (κ2) is 3.11. The molecule has 3 N–H and O–H groups in total. The highest BCUT2D eigenvalue weighted by Crippen LogP contribution is 2.44. The van der Waals surface area contributed by atoms with Gasteiger partial charge in [0.15, 0.2) is 0 Å². The van der Waals surface area contributed by atoms with Crippen LogP contribution in [0.5, 0.6) is 0 Å². The highest BCUT2D eigenvalue weighted by Gasteiger charge is 2.46. The average Bonchev–Trinajstić information content (AvgIpc) is 2.04. The molecule has 3 unspecified atom stereocenters. The predicted molar refractivity (Wildman–Crippen MR) is 46.2 cm³/mol. The SMILES string of the molecule is CCC(CN)C1(O)CCC1C. The molecule has 2 heteroatoms. The molecule has 3 atom stereocenters. The molecular formula is C9H19NO. The largest absolute Gasteiger partial charge is 0.389 e. The molecule has 0 radical (unpaired) electrons. The summed E-state index contributed by atoms with van der Waals surface area (Å²) < 4.78 is 0. The lowest BCUT2D eigenvalue weighted by molar-refractivity contribution is -0.129. The zero-order valence-electron chi connectivity index (χ0n) is 7.51. The lowest BCUT2D eigenvalue weighted by Gasteiger charge is -2.48. The third-order valence-corrected chi connectivity index (χ3v) is 3.32. The fraction of sp³-hybridized carbons (Fsp3) is 1.00. The number of aliphatic hydroxyl groups is 1. The minimum Gasteiger partial charge on any atom is -0.389 e. The van der Waals surface area contributed by atoms with Crippen molar-refractivity contribution in [2.24, 2.45) is 17.6 Å². The molecule has 0 amide bonds. The normalized spacial score (nSPS) is 39.8. The summed E-state index contributed by atoms with van der Waals surface area (Å²) in [6.07, 6.45) is 3.11. The van der Waals surface area contributed by atoms with E-state index in [0.29, 0.717) is 18.4 Å². The molecule has 0 aromatic carbocycles. The summed E-state index contributed by atoms with van der Waals surface area (Å²) in [4.78, 5) is 0. The Morgan fingerprint density at radius 2 is 2.36 bits per heavy atom. The second-order valence-corrected chi connectivity index (χ2v) is 3.77. The van der Waals surface area contributed by atoms with Gasteiger partial charge in [0.05, 0.1) is 5.60 Å². The van der Waals surface area contributed by atoms with Crippen molar-refractivity contribution in [3.63, 3.8) is 0 Å². The van der Waals surface area contributed by atoms with E-state index in [0.717, 1.165) is 19.3 Å². The van der Waals surface area contributed by atoms with Crippen molar-refractivity contribution in [3.8, 4) is 0 Å². The Balaban J connectivity index is 2.55. The lowest BCUT2D eigenvalue weighted by atomic mass is 9.63. The first-order valence-corrected chi connectivity index (χ1v) is 4.57. The molecule has 2 nitrogen and oxygen atoms in total. The fourth-order valence-corrected chi connectivity index (χ4v) is 2.06. The number of rotatable bonds is 3. The van der Waals surface area contributed by atoms with E-state index in [4.69, 9.17) is 5.73 Å². The maximum absolute atomic E-state index is 10.1. The van der Waals surface area contributed by atoms with Gasteiger partial charge in [-0.2, -0.15) is 0 Å². The van der Waals surface area contributed by atoms with Gasteiger partial charge in [0.1, 0.15) is 0 Å². The Morgan fingerprint density at radius 3 is 2.45 bits per heavy atom. The van der Waals surface area contributed by atoms with Gasteiger partial charge in [-0.25, -0.2) is 0 Å². The van der Waals surface area contributed by atoms with E-state index in [-0.39, 0.29) is 0 Å². The minimum atomic E-state index is -0.427. The van der Waals surface area contributed by atoms with Crippen LogP contribution in [0.25, 0.3) is 0 Å². The molecular weight excluding hydrogens is 138 g/mol. The maximum Gasteiger partial charge on any atom is 0.0713 e. The van der Waals surface area contributed by atoms with Crippen LogP contribution < -0.4 is 5.73 Å². The third-order valence-electron chi connectivity index (χ3n) is 3.32. The van der Waals surface area contributed by atoms with Crippen LogP contribution in [0.1, 0.15) is 33.1 Å². The smallest absolute Gasteiger partial charge is 0.0713 e. The Bertz CT molecular complexity index is 134. The third kappa shape index (κ3) is 1.30. The van der Waals surface area contributed by atoms with Crippen LogP contribution in [-0.2, 0) is 0 Å². The standard InChI is InChI=1S/C9H19NO/c1-3-8(6-10)9(11)5-4-7(9)2/h7-8,11H,3-6,10H2,1-2H3. The first kappa shape index (κ1) is 9.01. The highest BCUT2D eigenvalue weighted by atomic mass is 16.3. The Labute approximate surface area is 68.8 Å². The van der Waals surface area contributed by atoms with E-state index in [9.17, 15) is 5.11 Å². The summed E-state index contributed by atoms with van der Waals surface area (Å²) in [5.74, 6) is 0.766. The fourth-order valence-electron chi connectivity index (χ4n) is 2.06. The van der Waals surface area contributed by atoms with Crippen molar-refractivity contribution < 1.29 is 5.11 Å².